The maximum Gasteiger partial charge on any atom is 0.205 e. The lowest BCUT2D eigenvalue weighted by Crippen LogP contribution is -2.26. The lowest BCUT2D eigenvalue weighted by atomic mass is 9.80. The van der Waals surface area contributed by atoms with Crippen molar-refractivity contribution in [3.63, 3.8) is 0 Å². The first-order valence-electron chi connectivity index (χ1n) is 6.19. The van der Waals surface area contributed by atoms with Crippen LogP contribution in [0, 0.1) is 11.3 Å². The number of thiophene rings is 1. The number of hydrogen-bond acceptors (Lipinski definition) is 5. The first-order chi connectivity index (χ1) is 9.61. The largest absolute Gasteiger partial charge is 0.444 e. The molecule has 0 aromatic carbocycles. The Bertz CT molecular complexity index is 696. The molecule has 0 radical (unpaired) electrons. The summed E-state index contributed by atoms with van der Waals surface area (Å²) in [6.07, 6.45) is 1.97. The Morgan fingerprint density at radius 3 is 2.95 bits per heavy atom. The quantitative estimate of drug-likeness (QED) is 0.842. The number of ether oxygens (including phenoxy) is 1. The van der Waals surface area contributed by atoms with Crippen molar-refractivity contribution < 1.29 is 9.53 Å². The molecule has 0 bridgehead atoms. The summed E-state index contributed by atoms with van der Waals surface area (Å²) in [6.45, 7) is 0. The van der Waals surface area contributed by atoms with Gasteiger partial charge in [-0.2, -0.15) is 5.26 Å². The molecule has 0 amide bonds. The number of Topliss-reactive ketones (excluding diaryl/α,β-unsaturated/α-hetero) is 1. The third-order valence-corrected chi connectivity index (χ3v) is 5.24. The fraction of sp³-hybridized carbons (Fsp3) is 0.286. The number of ketones is 1. The number of allylic oxidation sites excluding steroid dienone is 3. The molecule has 4 nitrogen and oxygen atoms in total. The minimum Gasteiger partial charge on any atom is -0.444 e. The highest BCUT2D eigenvalue weighted by Crippen LogP contribution is 2.45. The molecule has 1 unspecified atom stereocenters. The van der Waals surface area contributed by atoms with Crippen LogP contribution in [0.4, 0.5) is 0 Å². The number of nitrogens with two attached hydrogens (primary N) is 1. The van der Waals surface area contributed by atoms with Gasteiger partial charge >= 0.3 is 0 Å². The van der Waals surface area contributed by atoms with Crippen LogP contribution in [0.3, 0.4) is 0 Å². The van der Waals surface area contributed by atoms with E-state index in [9.17, 15) is 10.1 Å². The van der Waals surface area contributed by atoms with Gasteiger partial charge in [-0.25, -0.2) is 0 Å². The van der Waals surface area contributed by atoms with Crippen molar-refractivity contribution in [2.45, 2.75) is 25.2 Å². The van der Waals surface area contributed by atoms with Crippen LogP contribution < -0.4 is 5.73 Å². The van der Waals surface area contributed by atoms with E-state index >= 15 is 0 Å². The number of rotatable bonds is 1. The van der Waals surface area contributed by atoms with Crippen molar-refractivity contribution in [3.05, 3.63) is 43.6 Å². The second-order valence-corrected chi connectivity index (χ2v) is 6.56. The minimum absolute atomic E-state index is 0.0565. The van der Waals surface area contributed by atoms with Crippen LogP contribution >= 0.6 is 27.3 Å². The molecule has 0 spiro atoms. The predicted octanol–water partition coefficient (Wildman–Crippen LogP) is 3.33. The molecule has 20 heavy (non-hydrogen) atoms. The van der Waals surface area contributed by atoms with Gasteiger partial charge in [0, 0.05) is 33.1 Å². The van der Waals surface area contributed by atoms with Gasteiger partial charge in [0.05, 0.1) is 5.92 Å². The maximum atomic E-state index is 12.3. The zero-order valence-electron chi connectivity index (χ0n) is 10.5. The van der Waals surface area contributed by atoms with E-state index in [0.29, 0.717) is 29.7 Å². The lowest BCUT2D eigenvalue weighted by Gasteiger charge is -2.30. The highest BCUT2D eigenvalue weighted by atomic mass is 79.9. The number of hydrogen-bond donors (Lipinski definition) is 1. The van der Waals surface area contributed by atoms with Crippen molar-refractivity contribution in [3.8, 4) is 6.07 Å². The topological polar surface area (TPSA) is 76.1 Å². The second-order valence-electron chi connectivity index (χ2n) is 4.71. The van der Waals surface area contributed by atoms with Gasteiger partial charge < -0.3 is 10.5 Å². The average Bonchev–Trinajstić information content (AvgIpc) is 2.84. The molecule has 1 aromatic heterocycles. The van der Waals surface area contributed by atoms with E-state index in [1.165, 1.54) is 11.3 Å². The van der Waals surface area contributed by atoms with Crippen molar-refractivity contribution in [1.29, 1.82) is 5.26 Å². The smallest absolute Gasteiger partial charge is 0.205 e. The fourth-order valence-electron chi connectivity index (χ4n) is 2.62. The standard InChI is InChI=1S/C14H11BrN2O2S/c15-7-4-11(20-6-7)12-8(5-16)14(17)19-10-3-1-2-9(18)13(10)12/h4,6,12H,1-3,17H2. The highest BCUT2D eigenvalue weighted by molar-refractivity contribution is 9.10. The molecule has 102 valence electrons. The average molecular weight is 351 g/mol. The third kappa shape index (κ3) is 2.07. The Kier molecular flexibility index (Phi) is 3.40. The third-order valence-electron chi connectivity index (χ3n) is 3.48. The molecule has 1 aliphatic carbocycles. The van der Waals surface area contributed by atoms with E-state index in [-0.39, 0.29) is 17.6 Å². The first-order valence-corrected chi connectivity index (χ1v) is 7.87. The summed E-state index contributed by atoms with van der Waals surface area (Å²) in [6, 6.07) is 4.03. The normalized spacial score (nSPS) is 22.4. The van der Waals surface area contributed by atoms with Crippen LogP contribution in [-0.2, 0) is 9.53 Å². The maximum absolute atomic E-state index is 12.3. The van der Waals surface area contributed by atoms with Crippen LogP contribution in [0.25, 0.3) is 0 Å². The molecule has 1 aliphatic heterocycles. The molecular weight excluding hydrogens is 340 g/mol. The molecule has 1 atom stereocenters. The van der Waals surface area contributed by atoms with E-state index < -0.39 is 0 Å². The van der Waals surface area contributed by atoms with Gasteiger partial charge in [-0.15, -0.1) is 11.3 Å². The minimum atomic E-state index is -0.382. The highest BCUT2D eigenvalue weighted by Gasteiger charge is 2.38. The second kappa shape index (κ2) is 5.08. The molecule has 0 saturated heterocycles. The van der Waals surface area contributed by atoms with Crippen LogP contribution in [-0.4, -0.2) is 5.78 Å². The molecule has 6 heteroatoms. The number of nitrogens with zero attached hydrogens (tertiary/aromatic N) is 1. The summed E-state index contributed by atoms with van der Waals surface area (Å²) in [5, 5.41) is 11.3. The van der Waals surface area contributed by atoms with Crippen LogP contribution in [0.1, 0.15) is 30.1 Å². The summed E-state index contributed by atoms with van der Waals surface area (Å²) in [7, 11) is 0. The van der Waals surface area contributed by atoms with Gasteiger partial charge in [0.25, 0.3) is 0 Å². The summed E-state index contributed by atoms with van der Waals surface area (Å²) in [5.74, 6) is 0.427. The van der Waals surface area contributed by atoms with E-state index in [2.05, 4.69) is 22.0 Å². The van der Waals surface area contributed by atoms with Gasteiger partial charge in [0.2, 0.25) is 5.88 Å². The van der Waals surface area contributed by atoms with E-state index in [1.54, 1.807) is 0 Å². The zero-order chi connectivity index (χ0) is 14.3. The van der Waals surface area contributed by atoms with Crippen LogP contribution in [0.5, 0.6) is 0 Å². The van der Waals surface area contributed by atoms with Crippen molar-refractivity contribution >= 4 is 33.0 Å². The summed E-state index contributed by atoms with van der Waals surface area (Å²) >= 11 is 4.91. The molecule has 2 aliphatic rings. The molecule has 0 saturated carbocycles. The van der Waals surface area contributed by atoms with Gasteiger partial charge in [-0.1, -0.05) is 0 Å². The van der Waals surface area contributed by atoms with Gasteiger partial charge in [0.1, 0.15) is 17.4 Å². The number of halogens is 1. The van der Waals surface area contributed by atoms with Crippen molar-refractivity contribution in [1.82, 2.24) is 0 Å². The van der Waals surface area contributed by atoms with Gasteiger partial charge in [-0.05, 0) is 28.4 Å². The SMILES string of the molecule is N#CC1=C(N)OC2=C(C(=O)CCC2)C1c1cc(Br)cs1. The number of nitriles is 1. The number of carbonyl (C=O) groups excluding carboxylic acids is 1. The van der Waals surface area contributed by atoms with Gasteiger partial charge in [-0.3, -0.25) is 4.79 Å². The van der Waals surface area contributed by atoms with E-state index in [4.69, 9.17) is 10.5 Å². The molecule has 0 fully saturated rings. The molecule has 1 aromatic rings. The Morgan fingerprint density at radius 2 is 2.30 bits per heavy atom. The fourth-order valence-corrected chi connectivity index (χ4v) is 4.18. The zero-order valence-corrected chi connectivity index (χ0v) is 12.9. The Labute approximate surface area is 128 Å². The summed E-state index contributed by atoms with van der Waals surface area (Å²) < 4.78 is 6.44. The summed E-state index contributed by atoms with van der Waals surface area (Å²) in [4.78, 5) is 13.2. The van der Waals surface area contributed by atoms with Crippen LogP contribution in [0.15, 0.2) is 38.7 Å². The lowest BCUT2D eigenvalue weighted by molar-refractivity contribution is -0.116. The molecule has 3 rings (SSSR count). The van der Waals surface area contributed by atoms with Crippen molar-refractivity contribution in [2.24, 2.45) is 5.73 Å². The summed E-state index contributed by atoms with van der Waals surface area (Å²) in [5.41, 5.74) is 6.79. The monoisotopic (exact) mass is 350 g/mol. The van der Waals surface area contributed by atoms with E-state index in [1.807, 2.05) is 11.4 Å². The Hall–Kier alpha value is -1.58. The van der Waals surface area contributed by atoms with E-state index in [0.717, 1.165) is 15.8 Å². The molecular formula is C14H11BrN2O2S. The van der Waals surface area contributed by atoms with Crippen LogP contribution in [0.2, 0.25) is 0 Å². The molecule has 2 heterocycles. The Morgan fingerprint density at radius 1 is 1.50 bits per heavy atom. The first kappa shape index (κ1) is 13.4. The molecule has 2 N–H and O–H groups in total. The number of carbonyl (C=O) groups is 1. The van der Waals surface area contributed by atoms with Gasteiger partial charge in [0.15, 0.2) is 5.78 Å². The van der Waals surface area contributed by atoms with Crippen molar-refractivity contribution in [2.75, 3.05) is 0 Å². The Balaban J connectivity index is 2.18. The predicted molar refractivity (Wildman–Crippen MR) is 78.6 cm³/mol.